The molecule has 30 heavy (non-hydrogen) atoms. The lowest BCUT2D eigenvalue weighted by molar-refractivity contribution is -0.130. The van der Waals surface area contributed by atoms with E-state index in [0.717, 1.165) is 47.4 Å². The molecule has 6 nitrogen and oxygen atoms in total. The number of hydrogen-bond acceptors (Lipinski definition) is 6. The molecule has 158 valence electrons. The summed E-state index contributed by atoms with van der Waals surface area (Å²) in [6.07, 6.45) is 9.52. The van der Waals surface area contributed by atoms with Crippen LogP contribution in [0.5, 0.6) is 0 Å². The van der Waals surface area contributed by atoms with Gasteiger partial charge in [0.15, 0.2) is 10.8 Å². The van der Waals surface area contributed by atoms with Crippen molar-refractivity contribution in [2.24, 2.45) is 5.92 Å². The molecular weight excluding hydrogens is 414 g/mol. The maximum atomic E-state index is 12.8. The number of thiophene rings is 1. The molecule has 1 amide bonds. The molecule has 0 aromatic carbocycles. The maximum Gasteiger partial charge on any atom is 0.233 e. The number of carbonyl (C=O) groups excluding carboxylic acids is 1. The van der Waals surface area contributed by atoms with E-state index in [2.05, 4.69) is 21.5 Å². The highest BCUT2D eigenvalue weighted by molar-refractivity contribution is 7.99. The van der Waals surface area contributed by atoms with E-state index in [4.69, 9.17) is 4.98 Å². The fourth-order valence-corrected chi connectivity index (χ4v) is 7.10. The second kappa shape index (κ2) is 7.48. The van der Waals surface area contributed by atoms with E-state index < -0.39 is 0 Å². The van der Waals surface area contributed by atoms with E-state index in [1.54, 1.807) is 0 Å². The molecule has 0 radical (unpaired) electrons. The quantitative estimate of drug-likeness (QED) is 0.560. The van der Waals surface area contributed by atoms with Crippen LogP contribution in [0.2, 0.25) is 0 Å². The first-order valence-corrected chi connectivity index (χ1v) is 13.1. The highest BCUT2D eigenvalue weighted by Gasteiger charge is 2.32. The van der Waals surface area contributed by atoms with E-state index in [1.807, 2.05) is 16.2 Å². The summed E-state index contributed by atoms with van der Waals surface area (Å²) in [5, 5.41) is 11.2. The summed E-state index contributed by atoms with van der Waals surface area (Å²) in [6, 6.07) is 0. The molecule has 2 aliphatic carbocycles. The van der Waals surface area contributed by atoms with Gasteiger partial charge in [0, 0.05) is 23.9 Å². The van der Waals surface area contributed by atoms with Crippen LogP contribution in [0, 0.1) is 5.92 Å². The Hall–Kier alpha value is -1.67. The van der Waals surface area contributed by atoms with Crippen LogP contribution in [0.3, 0.4) is 0 Å². The summed E-state index contributed by atoms with van der Waals surface area (Å²) < 4.78 is 2.18. The summed E-state index contributed by atoms with van der Waals surface area (Å²) in [5.41, 5.74) is 2.41. The van der Waals surface area contributed by atoms with E-state index >= 15 is 0 Å². The summed E-state index contributed by atoms with van der Waals surface area (Å²) in [4.78, 5) is 22.6. The molecular formula is C22H27N5OS2. The number of thioether (sulfide) groups is 1. The predicted octanol–water partition coefficient (Wildman–Crippen LogP) is 4.45. The van der Waals surface area contributed by atoms with Gasteiger partial charge >= 0.3 is 0 Å². The van der Waals surface area contributed by atoms with Crippen LogP contribution in [-0.2, 0) is 17.6 Å². The van der Waals surface area contributed by atoms with Gasteiger partial charge in [-0.25, -0.2) is 4.98 Å². The minimum absolute atomic E-state index is 0.221. The van der Waals surface area contributed by atoms with Gasteiger partial charge in [-0.15, -0.1) is 21.5 Å². The Morgan fingerprint density at radius 1 is 1.17 bits per heavy atom. The third-order valence-corrected chi connectivity index (χ3v) is 8.83. The third-order valence-electron chi connectivity index (χ3n) is 6.73. The van der Waals surface area contributed by atoms with Crippen molar-refractivity contribution in [2.45, 2.75) is 69.4 Å². The molecule has 8 heteroatoms. The van der Waals surface area contributed by atoms with Gasteiger partial charge in [0.05, 0.1) is 11.1 Å². The van der Waals surface area contributed by atoms with Gasteiger partial charge in [-0.05, 0) is 62.8 Å². The monoisotopic (exact) mass is 441 g/mol. The van der Waals surface area contributed by atoms with Crippen LogP contribution >= 0.6 is 23.1 Å². The number of rotatable bonds is 4. The molecule has 0 unspecified atom stereocenters. The number of nitrogens with zero attached hydrogens (tertiary/aromatic N) is 5. The van der Waals surface area contributed by atoms with E-state index in [1.165, 1.54) is 66.1 Å². The van der Waals surface area contributed by atoms with Gasteiger partial charge in [-0.3, -0.25) is 9.20 Å². The third kappa shape index (κ3) is 3.23. The molecule has 1 saturated carbocycles. The summed E-state index contributed by atoms with van der Waals surface area (Å²) in [7, 11) is 0. The van der Waals surface area contributed by atoms with Crippen LogP contribution in [0.1, 0.15) is 67.6 Å². The lowest BCUT2D eigenvalue weighted by atomic mass is 9.97. The van der Waals surface area contributed by atoms with E-state index in [0.29, 0.717) is 17.6 Å². The average Bonchev–Trinajstić information content (AvgIpc) is 3.41. The smallest absolute Gasteiger partial charge is 0.233 e. The first kappa shape index (κ1) is 19.0. The minimum atomic E-state index is 0.221. The maximum absolute atomic E-state index is 12.8. The van der Waals surface area contributed by atoms with Crippen molar-refractivity contribution in [1.82, 2.24) is 24.5 Å². The standard InChI is InChI=1S/C22H27N5OS2/c1-13-5-4-10-26(11-13)17(28)12-29-22-25-24-20-18-15-6-2-3-7-16(15)30-21(18)23-19(27(20)22)14-8-9-14/h13-14H,2-12H2,1H3/t13-/m1/s1. The van der Waals surface area contributed by atoms with Crippen molar-refractivity contribution in [1.29, 1.82) is 0 Å². The number of likely N-dealkylation sites (tertiary alicyclic amines) is 1. The Kier molecular flexibility index (Phi) is 4.75. The summed E-state index contributed by atoms with van der Waals surface area (Å²) in [5.74, 6) is 2.86. The Bertz CT molecular complexity index is 1130. The zero-order valence-electron chi connectivity index (χ0n) is 17.4. The van der Waals surface area contributed by atoms with Crippen molar-refractivity contribution < 1.29 is 4.79 Å². The predicted molar refractivity (Wildman–Crippen MR) is 120 cm³/mol. The van der Waals surface area contributed by atoms with Crippen LogP contribution in [0.25, 0.3) is 15.9 Å². The van der Waals surface area contributed by atoms with Crippen molar-refractivity contribution in [3.8, 4) is 0 Å². The van der Waals surface area contributed by atoms with Gasteiger partial charge in [-0.1, -0.05) is 18.7 Å². The van der Waals surface area contributed by atoms with Gasteiger partial charge < -0.3 is 4.90 Å². The SMILES string of the molecule is C[C@@H]1CCCN(C(=O)CSc2nnc3c4c5c(sc4nc(C4CC4)n23)CCCC5)C1. The van der Waals surface area contributed by atoms with E-state index in [-0.39, 0.29) is 5.91 Å². The van der Waals surface area contributed by atoms with Gasteiger partial charge in [-0.2, -0.15) is 0 Å². The molecule has 3 aliphatic rings. The number of piperidine rings is 1. The molecule has 0 N–H and O–H groups in total. The molecule has 0 spiro atoms. The van der Waals surface area contributed by atoms with Gasteiger partial charge in [0.25, 0.3) is 0 Å². The molecule has 6 rings (SSSR count). The van der Waals surface area contributed by atoms with Crippen LogP contribution in [-0.4, -0.2) is 49.2 Å². The lowest BCUT2D eigenvalue weighted by Crippen LogP contribution is -2.40. The zero-order valence-corrected chi connectivity index (χ0v) is 19.0. The number of fused-ring (bicyclic) bond motifs is 5. The molecule has 2 fully saturated rings. The van der Waals surface area contributed by atoms with Crippen molar-refractivity contribution in [2.75, 3.05) is 18.8 Å². The van der Waals surface area contributed by atoms with Crippen molar-refractivity contribution in [3.05, 3.63) is 16.3 Å². The Labute approximate surface area is 184 Å². The van der Waals surface area contributed by atoms with Crippen LogP contribution in [0.15, 0.2) is 5.16 Å². The second-order valence-electron chi connectivity index (χ2n) is 9.15. The fourth-order valence-electron chi connectivity index (χ4n) is 5.00. The largest absolute Gasteiger partial charge is 0.342 e. The molecule has 0 bridgehead atoms. The zero-order chi connectivity index (χ0) is 20.2. The molecule has 1 saturated heterocycles. The first-order valence-electron chi connectivity index (χ1n) is 11.3. The molecule has 1 aliphatic heterocycles. The summed E-state index contributed by atoms with van der Waals surface area (Å²) in [6.45, 7) is 4.01. The second-order valence-corrected chi connectivity index (χ2v) is 11.2. The Morgan fingerprint density at radius 3 is 2.87 bits per heavy atom. The molecule has 4 heterocycles. The number of hydrogen-bond donors (Lipinski definition) is 0. The first-order chi connectivity index (χ1) is 14.7. The number of aryl methyl sites for hydroxylation is 2. The highest BCUT2D eigenvalue weighted by Crippen LogP contribution is 2.44. The minimum Gasteiger partial charge on any atom is -0.342 e. The molecule has 3 aromatic rings. The molecule has 3 aromatic heterocycles. The van der Waals surface area contributed by atoms with Gasteiger partial charge in [0.1, 0.15) is 10.7 Å². The molecule has 1 atom stereocenters. The Balaban J connectivity index is 1.36. The highest BCUT2D eigenvalue weighted by atomic mass is 32.2. The van der Waals surface area contributed by atoms with Gasteiger partial charge in [0.2, 0.25) is 5.91 Å². The Morgan fingerprint density at radius 2 is 2.03 bits per heavy atom. The van der Waals surface area contributed by atoms with Crippen molar-refractivity contribution >= 4 is 44.9 Å². The number of amides is 1. The average molecular weight is 442 g/mol. The topological polar surface area (TPSA) is 63.4 Å². The number of aromatic nitrogens is 4. The van der Waals surface area contributed by atoms with Crippen molar-refractivity contribution in [3.63, 3.8) is 0 Å². The lowest BCUT2D eigenvalue weighted by Gasteiger charge is -2.30. The van der Waals surface area contributed by atoms with Crippen LogP contribution in [0.4, 0.5) is 0 Å². The fraction of sp³-hybridized carbons (Fsp3) is 0.636. The summed E-state index contributed by atoms with van der Waals surface area (Å²) >= 11 is 3.39. The van der Waals surface area contributed by atoms with E-state index in [9.17, 15) is 4.79 Å². The number of carbonyl (C=O) groups is 1. The normalized spacial score (nSPS) is 22.0. The van der Waals surface area contributed by atoms with Crippen LogP contribution < -0.4 is 0 Å².